The summed E-state index contributed by atoms with van der Waals surface area (Å²) in [7, 11) is -1.97. The van der Waals surface area contributed by atoms with Crippen LogP contribution < -0.4 is 10.1 Å². The van der Waals surface area contributed by atoms with Crippen molar-refractivity contribution < 1.29 is 17.9 Å². The van der Waals surface area contributed by atoms with Gasteiger partial charge in [-0.2, -0.15) is 4.31 Å². The molecule has 0 aromatic heterocycles. The van der Waals surface area contributed by atoms with Crippen LogP contribution in [-0.2, 0) is 34.3 Å². The minimum absolute atomic E-state index is 0.0683. The highest BCUT2D eigenvalue weighted by molar-refractivity contribution is 7.89. The normalized spacial score (nSPS) is 17.4. The number of hydrogen-bond acceptors (Lipinski definition) is 5. The van der Waals surface area contributed by atoms with Crippen molar-refractivity contribution in [3.8, 4) is 5.75 Å². The summed E-state index contributed by atoms with van der Waals surface area (Å²) in [5.41, 5.74) is 3.09. The SMILES string of the molecule is COc1ccc(S(=O)(=O)N2CCCCC2)cc1CCC(=O)NCc1cccc(CN2CCCC2)c1. The maximum Gasteiger partial charge on any atom is 0.243 e. The highest BCUT2D eigenvalue weighted by Crippen LogP contribution is 2.27. The lowest BCUT2D eigenvalue weighted by Crippen LogP contribution is -2.35. The van der Waals surface area contributed by atoms with E-state index in [-0.39, 0.29) is 17.2 Å². The lowest BCUT2D eigenvalue weighted by Gasteiger charge is -2.26. The smallest absolute Gasteiger partial charge is 0.243 e. The molecular formula is C27H37N3O4S. The predicted octanol–water partition coefficient (Wildman–Crippen LogP) is 3.71. The number of sulfonamides is 1. The van der Waals surface area contributed by atoms with Gasteiger partial charge in [-0.05, 0) is 80.1 Å². The van der Waals surface area contributed by atoms with Crippen LogP contribution in [0.15, 0.2) is 47.4 Å². The standard InChI is InChI=1S/C27H37N3O4S/c1-34-26-12-11-25(35(32,33)30-16-3-2-4-17-30)19-24(26)10-13-27(31)28-20-22-8-7-9-23(18-22)21-29-14-5-6-15-29/h7-9,11-12,18-19H,2-6,10,13-17,20-21H2,1H3,(H,28,31). The van der Waals surface area contributed by atoms with Crippen molar-refractivity contribution >= 4 is 15.9 Å². The molecule has 2 saturated heterocycles. The van der Waals surface area contributed by atoms with Gasteiger partial charge in [-0.15, -0.1) is 0 Å². The Morgan fingerprint density at radius 2 is 1.66 bits per heavy atom. The number of nitrogens with zero attached hydrogens (tertiary/aromatic N) is 2. The molecule has 0 bridgehead atoms. The second kappa shape index (κ2) is 12.0. The Labute approximate surface area is 209 Å². The number of piperidine rings is 1. The van der Waals surface area contributed by atoms with Gasteiger partial charge in [0.25, 0.3) is 0 Å². The number of ether oxygens (including phenoxy) is 1. The Morgan fingerprint density at radius 1 is 0.943 bits per heavy atom. The van der Waals surface area contributed by atoms with Crippen LogP contribution in [0, 0.1) is 0 Å². The second-order valence-corrected chi connectivity index (χ2v) is 11.5. The molecule has 2 aromatic rings. The van der Waals surface area contributed by atoms with Gasteiger partial charge in [0.1, 0.15) is 5.75 Å². The molecule has 2 aliphatic heterocycles. The molecule has 2 aromatic carbocycles. The zero-order chi connectivity index (χ0) is 24.7. The molecule has 2 fully saturated rings. The number of amides is 1. The molecule has 4 rings (SSSR count). The average molecular weight is 500 g/mol. The van der Waals surface area contributed by atoms with Crippen LogP contribution in [0.2, 0.25) is 0 Å². The Balaban J connectivity index is 1.34. The van der Waals surface area contributed by atoms with Crippen molar-refractivity contribution in [3.63, 3.8) is 0 Å². The topological polar surface area (TPSA) is 79.0 Å². The first-order chi connectivity index (χ1) is 17.0. The molecule has 1 N–H and O–H groups in total. The van der Waals surface area contributed by atoms with Gasteiger partial charge >= 0.3 is 0 Å². The lowest BCUT2D eigenvalue weighted by atomic mass is 10.1. The third-order valence-electron chi connectivity index (χ3n) is 6.91. The molecule has 0 atom stereocenters. The number of hydrogen-bond donors (Lipinski definition) is 1. The third kappa shape index (κ3) is 6.84. The molecule has 2 aliphatic rings. The summed E-state index contributed by atoms with van der Waals surface area (Å²) in [6, 6.07) is 13.3. The highest BCUT2D eigenvalue weighted by Gasteiger charge is 2.26. The van der Waals surface area contributed by atoms with Crippen molar-refractivity contribution in [1.29, 1.82) is 0 Å². The van der Waals surface area contributed by atoms with Gasteiger partial charge in [0.2, 0.25) is 15.9 Å². The average Bonchev–Trinajstić information content (AvgIpc) is 3.40. The number of carbonyl (C=O) groups excluding carboxylic acids is 1. The summed E-state index contributed by atoms with van der Waals surface area (Å²) < 4.78 is 33.2. The van der Waals surface area contributed by atoms with E-state index in [4.69, 9.17) is 4.74 Å². The summed E-state index contributed by atoms with van der Waals surface area (Å²) in [6.45, 7) is 4.87. The van der Waals surface area contributed by atoms with E-state index in [0.29, 0.717) is 31.8 Å². The van der Waals surface area contributed by atoms with Gasteiger partial charge in [-0.3, -0.25) is 9.69 Å². The molecule has 0 saturated carbocycles. The van der Waals surface area contributed by atoms with Crippen molar-refractivity contribution in [2.24, 2.45) is 0 Å². The Morgan fingerprint density at radius 3 is 2.40 bits per heavy atom. The second-order valence-electron chi connectivity index (χ2n) is 9.52. The first-order valence-corrected chi connectivity index (χ1v) is 14.1. The van der Waals surface area contributed by atoms with Crippen molar-refractivity contribution in [3.05, 3.63) is 59.2 Å². The maximum absolute atomic E-state index is 13.1. The molecule has 0 spiro atoms. The van der Waals surface area contributed by atoms with Crippen molar-refractivity contribution in [1.82, 2.24) is 14.5 Å². The van der Waals surface area contributed by atoms with Gasteiger partial charge in [-0.25, -0.2) is 8.42 Å². The predicted molar refractivity (Wildman–Crippen MR) is 137 cm³/mol. The largest absolute Gasteiger partial charge is 0.496 e. The van der Waals surface area contributed by atoms with Crippen LogP contribution in [0.25, 0.3) is 0 Å². The summed E-state index contributed by atoms with van der Waals surface area (Å²) >= 11 is 0. The molecule has 0 radical (unpaired) electrons. The van der Waals surface area contributed by atoms with Crippen molar-refractivity contribution in [2.45, 2.75) is 62.9 Å². The van der Waals surface area contributed by atoms with Crippen LogP contribution in [0.3, 0.4) is 0 Å². The Bertz CT molecular complexity index is 1110. The van der Waals surface area contributed by atoms with E-state index in [1.165, 1.54) is 18.4 Å². The van der Waals surface area contributed by atoms with E-state index in [2.05, 4.69) is 22.3 Å². The highest BCUT2D eigenvalue weighted by atomic mass is 32.2. The first-order valence-electron chi connectivity index (χ1n) is 12.7. The fraction of sp³-hybridized carbons (Fsp3) is 0.519. The number of rotatable bonds is 10. The van der Waals surface area contributed by atoms with Gasteiger partial charge in [0, 0.05) is 32.6 Å². The molecule has 7 nitrogen and oxygen atoms in total. The number of nitrogens with one attached hydrogen (secondary N) is 1. The summed E-state index contributed by atoms with van der Waals surface area (Å²) in [5, 5.41) is 3.00. The van der Waals surface area contributed by atoms with Crippen LogP contribution >= 0.6 is 0 Å². The van der Waals surface area contributed by atoms with Crippen LogP contribution in [0.1, 0.15) is 55.2 Å². The van der Waals surface area contributed by atoms with Crippen LogP contribution in [0.4, 0.5) is 0 Å². The summed E-state index contributed by atoms with van der Waals surface area (Å²) in [4.78, 5) is 15.3. The van der Waals surface area contributed by atoms with E-state index in [9.17, 15) is 13.2 Å². The number of aryl methyl sites for hydroxylation is 1. The molecule has 8 heteroatoms. The van der Waals surface area contributed by atoms with Gasteiger partial charge in [0.15, 0.2) is 0 Å². The number of likely N-dealkylation sites (tertiary alicyclic amines) is 1. The minimum atomic E-state index is -3.53. The molecule has 35 heavy (non-hydrogen) atoms. The van der Waals surface area contributed by atoms with Crippen LogP contribution in [0.5, 0.6) is 5.75 Å². The Kier molecular flexibility index (Phi) is 8.81. The third-order valence-corrected chi connectivity index (χ3v) is 8.81. The number of benzene rings is 2. The molecular weight excluding hydrogens is 462 g/mol. The molecule has 1 amide bonds. The monoisotopic (exact) mass is 499 g/mol. The van der Waals surface area contributed by atoms with E-state index >= 15 is 0 Å². The molecule has 2 heterocycles. The fourth-order valence-corrected chi connectivity index (χ4v) is 6.51. The van der Waals surface area contributed by atoms with Crippen molar-refractivity contribution in [2.75, 3.05) is 33.3 Å². The molecule has 190 valence electrons. The van der Waals surface area contributed by atoms with Gasteiger partial charge in [0.05, 0.1) is 12.0 Å². The van der Waals surface area contributed by atoms with E-state index in [1.54, 1.807) is 29.6 Å². The van der Waals surface area contributed by atoms with E-state index in [0.717, 1.165) is 50.0 Å². The zero-order valence-corrected chi connectivity index (χ0v) is 21.5. The lowest BCUT2D eigenvalue weighted by molar-refractivity contribution is -0.121. The Hall–Kier alpha value is -2.42. The summed E-state index contributed by atoms with van der Waals surface area (Å²) in [5.74, 6) is 0.534. The summed E-state index contributed by atoms with van der Waals surface area (Å²) in [6.07, 6.45) is 6.07. The zero-order valence-electron chi connectivity index (χ0n) is 20.7. The molecule has 0 aliphatic carbocycles. The first kappa shape index (κ1) is 25.7. The van der Waals surface area contributed by atoms with E-state index < -0.39 is 10.0 Å². The van der Waals surface area contributed by atoms with E-state index in [1.807, 2.05) is 12.1 Å². The molecule has 0 unspecified atom stereocenters. The number of carbonyl (C=O) groups is 1. The maximum atomic E-state index is 13.1. The van der Waals surface area contributed by atoms with Crippen LogP contribution in [-0.4, -0.2) is 56.8 Å². The minimum Gasteiger partial charge on any atom is -0.496 e. The fourth-order valence-electron chi connectivity index (χ4n) is 4.94. The van der Waals surface area contributed by atoms with Gasteiger partial charge in [-0.1, -0.05) is 30.7 Å². The van der Waals surface area contributed by atoms with Gasteiger partial charge < -0.3 is 10.1 Å². The quantitative estimate of drug-likeness (QED) is 0.539. The number of methoxy groups -OCH3 is 1.